The van der Waals surface area contributed by atoms with Crippen LogP contribution in [0.1, 0.15) is 0 Å². The van der Waals surface area contributed by atoms with Crippen molar-refractivity contribution in [3.8, 4) is 5.75 Å². The second-order valence-electron chi connectivity index (χ2n) is 3.38. The van der Waals surface area contributed by atoms with Gasteiger partial charge in [-0.1, -0.05) is 12.1 Å². The van der Waals surface area contributed by atoms with Gasteiger partial charge in [0.25, 0.3) is 10.1 Å². The molecule has 5 nitrogen and oxygen atoms in total. The van der Waals surface area contributed by atoms with Crippen molar-refractivity contribution in [2.24, 2.45) is 0 Å². The Morgan fingerprint density at radius 1 is 1.18 bits per heavy atom. The Labute approximate surface area is 120 Å². The summed E-state index contributed by atoms with van der Waals surface area (Å²) >= 11 is 0. The van der Waals surface area contributed by atoms with Gasteiger partial charge >= 0.3 is 29.6 Å². The smallest absolute Gasteiger partial charge is 0.872 e. The molecule has 0 bridgehead atoms. The molecule has 2 aromatic carbocycles. The average Bonchev–Trinajstić information content (AvgIpc) is 2.16. The average molecular weight is 261 g/mol. The molecular weight excluding hydrogens is 253 g/mol. The van der Waals surface area contributed by atoms with Crippen molar-refractivity contribution in [1.29, 1.82) is 0 Å². The first kappa shape index (κ1) is 14.3. The Hall–Kier alpha value is -0.790. The van der Waals surface area contributed by atoms with Crippen LogP contribution in [0.25, 0.3) is 10.8 Å². The molecule has 0 unspecified atom stereocenters. The monoisotopic (exact) mass is 261 g/mol. The topological polar surface area (TPSA) is 103 Å². The van der Waals surface area contributed by atoms with E-state index in [1.54, 1.807) is 6.07 Å². The van der Waals surface area contributed by atoms with Gasteiger partial charge in [-0.05, 0) is 23.6 Å². The van der Waals surface area contributed by atoms with E-state index in [2.05, 4.69) is 0 Å². The Morgan fingerprint density at radius 2 is 1.82 bits per heavy atom. The fraction of sp³-hybridized carbons (Fsp3) is 0. The van der Waals surface area contributed by atoms with Crippen molar-refractivity contribution in [3.05, 3.63) is 30.3 Å². The van der Waals surface area contributed by atoms with E-state index < -0.39 is 20.8 Å². The minimum absolute atomic E-state index is 0. The van der Waals surface area contributed by atoms with Crippen LogP contribution >= 0.6 is 0 Å². The number of nitrogen functional groups attached to an aromatic ring is 1. The molecule has 0 spiro atoms. The molecule has 0 amide bonds. The summed E-state index contributed by atoms with van der Waals surface area (Å²) in [5, 5.41) is 11.9. The summed E-state index contributed by atoms with van der Waals surface area (Å²) in [5.41, 5.74) is 5.88. The zero-order chi connectivity index (χ0) is 11.9. The first-order valence-corrected chi connectivity index (χ1v) is 5.80. The molecule has 0 aliphatic heterocycles. The van der Waals surface area contributed by atoms with Crippen LogP contribution < -0.4 is 40.4 Å². The number of hydrogen-bond donors (Lipinski definition) is 2. The van der Waals surface area contributed by atoms with Crippen LogP contribution in [0, 0.1) is 0 Å². The fourth-order valence-corrected chi connectivity index (χ4v) is 2.25. The largest absolute Gasteiger partial charge is 1.00 e. The van der Waals surface area contributed by atoms with Crippen LogP contribution in [-0.2, 0) is 10.1 Å². The summed E-state index contributed by atoms with van der Waals surface area (Å²) in [4.78, 5) is -0.415. The zero-order valence-corrected chi connectivity index (χ0v) is 11.9. The third-order valence-corrected chi connectivity index (χ3v) is 3.09. The number of hydrogen-bond acceptors (Lipinski definition) is 4. The van der Waals surface area contributed by atoms with Crippen LogP contribution in [0.15, 0.2) is 35.2 Å². The van der Waals surface area contributed by atoms with Crippen molar-refractivity contribution in [2.75, 3.05) is 5.73 Å². The summed E-state index contributed by atoms with van der Waals surface area (Å²) < 4.78 is 31.2. The van der Waals surface area contributed by atoms with Gasteiger partial charge in [0.2, 0.25) is 0 Å². The summed E-state index contributed by atoms with van der Waals surface area (Å²) in [5.74, 6) is -0.482. The van der Waals surface area contributed by atoms with Crippen LogP contribution in [0.5, 0.6) is 5.75 Å². The number of nitrogens with two attached hydrogens (primary N) is 1. The van der Waals surface area contributed by atoms with E-state index in [4.69, 9.17) is 10.3 Å². The van der Waals surface area contributed by atoms with Gasteiger partial charge in [0.1, 0.15) is 4.90 Å². The van der Waals surface area contributed by atoms with E-state index in [1.165, 1.54) is 18.2 Å². The Bertz CT molecular complexity index is 669. The van der Waals surface area contributed by atoms with Gasteiger partial charge in [0.05, 0.1) is 0 Å². The molecule has 17 heavy (non-hydrogen) atoms. The summed E-state index contributed by atoms with van der Waals surface area (Å²) in [6, 6.07) is 6.63. The Morgan fingerprint density at radius 3 is 2.41 bits per heavy atom. The van der Waals surface area contributed by atoms with Gasteiger partial charge in [-0.15, -0.1) is 5.75 Å². The van der Waals surface area contributed by atoms with Gasteiger partial charge in [0.15, 0.2) is 0 Å². The third-order valence-electron chi connectivity index (χ3n) is 2.19. The van der Waals surface area contributed by atoms with Crippen molar-refractivity contribution in [3.63, 3.8) is 0 Å². The number of benzene rings is 2. The molecule has 3 N–H and O–H groups in total. The van der Waals surface area contributed by atoms with Crippen LogP contribution in [-0.4, -0.2) is 13.0 Å². The van der Waals surface area contributed by atoms with E-state index in [-0.39, 0.29) is 34.9 Å². The summed E-state index contributed by atoms with van der Waals surface area (Å²) in [6.45, 7) is 0. The second-order valence-corrected chi connectivity index (χ2v) is 4.77. The molecule has 2 rings (SSSR count). The van der Waals surface area contributed by atoms with Crippen LogP contribution in [0.3, 0.4) is 0 Å². The fourth-order valence-electron chi connectivity index (χ4n) is 1.53. The molecule has 0 saturated carbocycles. The van der Waals surface area contributed by atoms with E-state index in [1.807, 2.05) is 0 Å². The van der Waals surface area contributed by atoms with Crippen molar-refractivity contribution in [1.82, 2.24) is 0 Å². The minimum Gasteiger partial charge on any atom is -0.872 e. The molecule has 0 heterocycles. The van der Waals surface area contributed by atoms with Gasteiger partial charge in [-0.2, -0.15) is 8.42 Å². The quantitative estimate of drug-likeness (QED) is 0.343. The molecule has 0 saturated heterocycles. The molecule has 0 radical (unpaired) electrons. The summed E-state index contributed by atoms with van der Waals surface area (Å²) in [6.07, 6.45) is 0. The Balaban J connectivity index is 0.00000144. The molecule has 84 valence electrons. The molecule has 0 aliphatic rings. The van der Waals surface area contributed by atoms with Gasteiger partial charge < -0.3 is 10.8 Å². The van der Waals surface area contributed by atoms with Crippen LogP contribution in [0.2, 0.25) is 0 Å². The van der Waals surface area contributed by atoms with Crippen molar-refractivity contribution < 1.29 is 47.6 Å². The van der Waals surface area contributed by atoms with Gasteiger partial charge in [0, 0.05) is 11.1 Å². The van der Waals surface area contributed by atoms with E-state index in [0.717, 1.165) is 6.07 Å². The minimum atomic E-state index is -4.42. The molecule has 2 aromatic rings. The van der Waals surface area contributed by atoms with Gasteiger partial charge in [-0.25, -0.2) is 0 Å². The van der Waals surface area contributed by atoms with E-state index in [9.17, 15) is 13.5 Å². The first-order chi connectivity index (χ1) is 7.38. The SMILES string of the molecule is Nc1ccc2cc([O-])cc(S(=O)(=O)O)c2c1.[Na+]. The maximum atomic E-state index is 11.2. The second kappa shape index (κ2) is 4.83. The standard InChI is InChI=1S/C10H9NO4S.Na/c11-7-2-1-6-3-8(12)5-10(9(6)4-7)16(13,14)15;/h1-5,12H,11H2,(H,13,14,15);/q;+1/p-1. The van der Waals surface area contributed by atoms with E-state index in [0.29, 0.717) is 11.1 Å². The Kier molecular flexibility index (Phi) is 4.06. The van der Waals surface area contributed by atoms with Crippen molar-refractivity contribution in [2.45, 2.75) is 4.90 Å². The maximum absolute atomic E-state index is 11.2. The first-order valence-electron chi connectivity index (χ1n) is 4.36. The van der Waals surface area contributed by atoms with E-state index >= 15 is 0 Å². The van der Waals surface area contributed by atoms with Crippen LogP contribution in [0.4, 0.5) is 5.69 Å². The molecular formula is C10H8NNaO4S. The van der Waals surface area contributed by atoms with Gasteiger partial charge in [-0.3, -0.25) is 4.55 Å². The molecule has 0 fully saturated rings. The zero-order valence-electron chi connectivity index (χ0n) is 9.04. The summed E-state index contributed by atoms with van der Waals surface area (Å²) in [7, 11) is -4.42. The predicted molar refractivity (Wildman–Crippen MR) is 57.6 cm³/mol. The molecule has 0 aliphatic carbocycles. The molecule has 7 heteroatoms. The molecule has 0 aromatic heterocycles. The third kappa shape index (κ3) is 2.91. The van der Waals surface area contributed by atoms with Crippen molar-refractivity contribution >= 4 is 26.6 Å². The molecule has 0 atom stereocenters. The predicted octanol–water partition coefficient (Wildman–Crippen LogP) is -2.25. The number of fused-ring (bicyclic) bond motifs is 1. The number of rotatable bonds is 1. The normalized spacial score (nSPS) is 11.1. The number of anilines is 1. The maximum Gasteiger partial charge on any atom is 1.00 e.